The topological polar surface area (TPSA) is 116 Å². The number of hydrogen-bond acceptors (Lipinski definition) is 9. The van der Waals surface area contributed by atoms with Gasteiger partial charge in [-0.15, -0.1) is 15.0 Å². The minimum absolute atomic E-state index is 0.00833. The number of methoxy groups -OCH3 is 2. The minimum atomic E-state index is -0.755. The molecule has 0 amide bonds. The van der Waals surface area contributed by atoms with Crippen LogP contribution in [0.2, 0.25) is 0 Å². The zero-order valence-electron chi connectivity index (χ0n) is 17.2. The first-order chi connectivity index (χ1) is 14.9. The summed E-state index contributed by atoms with van der Waals surface area (Å²) in [7, 11) is 2.41. The molecule has 160 valence electrons. The van der Waals surface area contributed by atoms with E-state index in [0.717, 1.165) is 5.56 Å². The standard InChI is InChI=1S/C21H20N4O6/c1-12-8-16(24-11-31-10-13(20(27)29-2)18(24)21(28)30-3)19(26)17(9-12)25-22-14-6-4-5-7-15(14)23-25/h4-9,26H,10-11H2,1-3H3. The van der Waals surface area contributed by atoms with Crippen LogP contribution in [-0.4, -0.2) is 59.6 Å². The quantitative estimate of drug-likeness (QED) is 0.626. The van der Waals surface area contributed by atoms with E-state index in [-0.39, 0.29) is 36.0 Å². The first-order valence-electron chi connectivity index (χ1n) is 9.35. The molecule has 2 heterocycles. The lowest BCUT2D eigenvalue weighted by molar-refractivity contribution is -0.140. The second-order valence-corrected chi connectivity index (χ2v) is 6.85. The number of phenols is 1. The molecule has 0 saturated heterocycles. The van der Waals surface area contributed by atoms with Crippen molar-refractivity contribution in [2.24, 2.45) is 0 Å². The van der Waals surface area contributed by atoms with Crippen molar-refractivity contribution in [3.63, 3.8) is 0 Å². The summed E-state index contributed by atoms with van der Waals surface area (Å²) in [6.45, 7) is 1.61. The molecule has 1 aliphatic heterocycles. The Kier molecular flexibility index (Phi) is 5.30. The molecule has 0 spiro atoms. The smallest absolute Gasteiger partial charge is 0.355 e. The number of rotatable bonds is 4. The molecular formula is C21H20N4O6. The molecule has 0 fully saturated rings. The zero-order valence-corrected chi connectivity index (χ0v) is 17.2. The van der Waals surface area contributed by atoms with Gasteiger partial charge in [0.2, 0.25) is 0 Å². The highest BCUT2D eigenvalue weighted by Crippen LogP contribution is 2.38. The number of aryl methyl sites for hydroxylation is 1. The van der Waals surface area contributed by atoms with Gasteiger partial charge < -0.3 is 24.2 Å². The summed E-state index contributed by atoms with van der Waals surface area (Å²) >= 11 is 0. The molecule has 0 aliphatic carbocycles. The Morgan fingerprint density at radius 1 is 1.03 bits per heavy atom. The highest BCUT2D eigenvalue weighted by atomic mass is 16.5. The third kappa shape index (κ3) is 3.57. The van der Waals surface area contributed by atoms with E-state index in [1.807, 2.05) is 31.2 Å². The lowest BCUT2D eigenvalue weighted by Gasteiger charge is -2.32. The predicted octanol–water partition coefficient (Wildman–Crippen LogP) is 1.83. The van der Waals surface area contributed by atoms with E-state index in [2.05, 4.69) is 10.2 Å². The van der Waals surface area contributed by atoms with Crippen LogP contribution < -0.4 is 4.90 Å². The van der Waals surface area contributed by atoms with E-state index >= 15 is 0 Å². The van der Waals surface area contributed by atoms with Gasteiger partial charge in [0.1, 0.15) is 29.1 Å². The molecule has 3 aromatic rings. The Morgan fingerprint density at radius 3 is 2.26 bits per heavy atom. The largest absolute Gasteiger partial charge is 0.504 e. The lowest BCUT2D eigenvalue weighted by atomic mass is 10.1. The van der Waals surface area contributed by atoms with Gasteiger partial charge in [-0.1, -0.05) is 12.1 Å². The van der Waals surface area contributed by atoms with Crippen molar-refractivity contribution < 1.29 is 28.9 Å². The average molecular weight is 424 g/mol. The number of aromatic nitrogens is 3. The molecule has 0 saturated carbocycles. The van der Waals surface area contributed by atoms with E-state index in [1.165, 1.54) is 23.9 Å². The third-order valence-corrected chi connectivity index (χ3v) is 4.84. The molecule has 2 aromatic carbocycles. The Bertz CT molecular complexity index is 1180. The van der Waals surface area contributed by atoms with E-state index in [4.69, 9.17) is 14.2 Å². The maximum absolute atomic E-state index is 12.6. The number of benzene rings is 2. The fourth-order valence-electron chi connectivity index (χ4n) is 3.40. The molecule has 0 unspecified atom stereocenters. The van der Waals surface area contributed by atoms with Crippen LogP contribution in [0.25, 0.3) is 16.7 Å². The number of hydrogen-bond donors (Lipinski definition) is 1. The van der Waals surface area contributed by atoms with Gasteiger partial charge in [-0.3, -0.25) is 0 Å². The molecule has 10 heteroatoms. The maximum atomic E-state index is 12.6. The molecule has 0 bridgehead atoms. The lowest BCUT2D eigenvalue weighted by Crippen LogP contribution is -2.39. The summed E-state index contributed by atoms with van der Waals surface area (Å²) < 4.78 is 15.2. The summed E-state index contributed by atoms with van der Waals surface area (Å²) in [5.74, 6) is -1.67. The fourth-order valence-corrected chi connectivity index (χ4v) is 3.40. The van der Waals surface area contributed by atoms with Gasteiger partial charge in [-0.2, -0.15) is 0 Å². The van der Waals surface area contributed by atoms with Gasteiger partial charge in [0, 0.05) is 0 Å². The normalized spacial score (nSPS) is 14.1. The number of aromatic hydroxyl groups is 1. The van der Waals surface area contributed by atoms with Crippen LogP contribution in [0.1, 0.15) is 5.56 Å². The fraction of sp³-hybridized carbons (Fsp3) is 0.238. The van der Waals surface area contributed by atoms with Crippen molar-refractivity contribution >= 4 is 28.7 Å². The van der Waals surface area contributed by atoms with E-state index in [0.29, 0.717) is 16.7 Å². The number of anilines is 1. The Balaban J connectivity index is 1.89. The number of fused-ring (bicyclic) bond motifs is 1. The summed E-state index contributed by atoms with van der Waals surface area (Å²) in [4.78, 5) is 27.5. The van der Waals surface area contributed by atoms with E-state index in [9.17, 15) is 14.7 Å². The molecule has 1 N–H and O–H groups in total. The number of ether oxygens (including phenoxy) is 3. The van der Waals surface area contributed by atoms with Crippen LogP contribution in [-0.2, 0) is 23.8 Å². The van der Waals surface area contributed by atoms with Crippen LogP contribution in [0.3, 0.4) is 0 Å². The molecule has 0 radical (unpaired) electrons. The van der Waals surface area contributed by atoms with Crippen LogP contribution >= 0.6 is 0 Å². The molecule has 1 aromatic heterocycles. The number of carbonyl (C=O) groups excluding carboxylic acids is 2. The van der Waals surface area contributed by atoms with Crippen molar-refractivity contribution in [2.45, 2.75) is 6.92 Å². The third-order valence-electron chi connectivity index (χ3n) is 4.84. The van der Waals surface area contributed by atoms with Gasteiger partial charge >= 0.3 is 11.9 Å². The molecule has 0 atom stereocenters. The molecule has 31 heavy (non-hydrogen) atoms. The second kappa shape index (κ2) is 8.07. The number of nitrogens with zero attached hydrogens (tertiary/aromatic N) is 4. The molecule has 4 rings (SSSR count). The average Bonchev–Trinajstić information content (AvgIpc) is 3.22. The van der Waals surface area contributed by atoms with E-state index in [1.54, 1.807) is 12.1 Å². The monoisotopic (exact) mass is 424 g/mol. The number of carbonyl (C=O) groups is 2. The summed E-state index contributed by atoms with van der Waals surface area (Å²) in [5, 5.41) is 19.9. The van der Waals surface area contributed by atoms with Crippen molar-refractivity contribution in [3.05, 3.63) is 53.2 Å². The van der Waals surface area contributed by atoms with Gasteiger partial charge in [0.05, 0.1) is 32.1 Å². The first kappa shape index (κ1) is 20.4. The second-order valence-electron chi connectivity index (χ2n) is 6.85. The highest BCUT2D eigenvalue weighted by Gasteiger charge is 2.34. The van der Waals surface area contributed by atoms with Crippen molar-refractivity contribution in [2.75, 3.05) is 32.5 Å². The summed E-state index contributed by atoms with van der Waals surface area (Å²) in [6, 6.07) is 10.7. The van der Waals surface area contributed by atoms with Gasteiger partial charge in [-0.25, -0.2) is 9.59 Å². The minimum Gasteiger partial charge on any atom is -0.504 e. The Hall–Kier alpha value is -3.92. The highest BCUT2D eigenvalue weighted by molar-refractivity contribution is 6.03. The van der Waals surface area contributed by atoms with Crippen molar-refractivity contribution in [3.8, 4) is 11.4 Å². The van der Waals surface area contributed by atoms with Crippen LogP contribution in [0.5, 0.6) is 5.75 Å². The number of phenolic OH excluding ortho intramolecular Hbond substituents is 1. The van der Waals surface area contributed by atoms with E-state index < -0.39 is 11.9 Å². The molecule has 10 nitrogen and oxygen atoms in total. The zero-order chi connectivity index (χ0) is 22.1. The summed E-state index contributed by atoms with van der Waals surface area (Å²) in [5.41, 5.74) is 2.55. The summed E-state index contributed by atoms with van der Waals surface area (Å²) in [6.07, 6.45) is 0. The van der Waals surface area contributed by atoms with Gasteiger partial charge in [-0.05, 0) is 36.8 Å². The van der Waals surface area contributed by atoms with Crippen molar-refractivity contribution in [1.82, 2.24) is 15.0 Å². The molecular weight excluding hydrogens is 404 g/mol. The van der Waals surface area contributed by atoms with Crippen molar-refractivity contribution in [1.29, 1.82) is 0 Å². The van der Waals surface area contributed by atoms with Crippen LogP contribution in [0.4, 0.5) is 5.69 Å². The Labute approximate surface area is 177 Å². The SMILES string of the molecule is COC(=O)C1=C(C(=O)OC)N(c2cc(C)cc(-n3nc4ccccc4n3)c2O)COC1. The Morgan fingerprint density at radius 2 is 1.65 bits per heavy atom. The molecule has 1 aliphatic rings. The van der Waals surface area contributed by atoms with Gasteiger partial charge in [0.15, 0.2) is 5.75 Å². The first-order valence-corrected chi connectivity index (χ1v) is 9.35. The van der Waals surface area contributed by atoms with Gasteiger partial charge in [0.25, 0.3) is 0 Å². The predicted molar refractivity (Wildman–Crippen MR) is 110 cm³/mol. The van der Waals surface area contributed by atoms with Crippen LogP contribution in [0, 0.1) is 6.92 Å². The number of esters is 2. The maximum Gasteiger partial charge on any atom is 0.355 e. The van der Waals surface area contributed by atoms with Crippen LogP contribution in [0.15, 0.2) is 47.7 Å².